The third-order valence-electron chi connectivity index (χ3n) is 2.72. The summed E-state index contributed by atoms with van der Waals surface area (Å²) in [6, 6.07) is 5.43. The number of nitrogens with two attached hydrogens (primary N) is 1. The Kier molecular flexibility index (Phi) is 5.11. The highest BCUT2D eigenvalue weighted by atomic mass is 127. The lowest BCUT2D eigenvalue weighted by molar-refractivity contribution is 0.265. The van der Waals surface area contributed by atoms with Gasteiger partial charge in [-0.1, -0.05) is 30.1 Å². The van der Waals surface area contributed by atoms with Crippen LogP contribution < -0.4 is 10.5 Å². The molecule has 2 rings (SSSR count). The van der Waals surface area contributed by atoms with Crippen molar-refractivity contribution >= 4 is 56.7 Å². The molecular weight excluding hydrogens is 398 g/mol. The Morgan fingerprint density at radius 2 is 2.16 bits per heavy atom. The predicted molar refractivity (Wildman–Crippen MR) is 88.2 cm³/mol. The van der Waals surface area contributed by atoms with Crippen LogP contribution in [0.2, 0.25) is 10.2 Å². The van der Waals surface area contributed by atoms with Crippen LogP contribution in [0.1, 0.15) is 6.92 Å². The van der Waals surface area contributed by atoms with E-state index >= 15 is 0 Å². The van der Waals surface area contributed by atoms with E-state index in [1.807, 2.05) is 19.1 Å². The number of aromatic nitrogens is 1. The topological polar surface area (TPSA) is 48.1 Å². The van der Waals surface area contributed by atoms with Gasteiger partial charge in [-0.05, 0) is 47.3 Å². The second kappa shape index (κ2) is 6.43. The Morgan fingerprint density at radius 3 is 2.84 bits per heavy atom. The van der Waals surface area contributed by atoms with Crippen LogP contribution in [0, 0.1) is 9.49 Å². The number of benzene rings is 1. The molecule has 0 aliphatic carbocycles. The Hall–Kier alpha value is -0.300. The molecule has 19 heavy (non-hydrogen) atoms. The summed E-state index contributed by atoms with van der Waals surface area (Å²) < 4.78 is 6.76. The summed E-state index contributed by atoms with van der Waals surface area (Å²) in [4.78, 5) is 4.32. The molecule has 2 aromatic rings. The van der Waals surface area contributed by atoms with E-state index in [2.05, 4.69) is 27.6 Å². The van der Waals surface area contributed by atoms with Crippen LogP contribution in [0.5, 0.6) is 5.75 Å². The molecule has 102 valence electrons. The molecule has 0 radical (unpaired) electrons. The molecule has 1 aromatic carbocycles. The van der Waals surface area contributed by atoms with E-state index in [0.717, 1.165) is 8.96 Å². The van der Waals surface area contributed by atoms with E-state index in [1.54, 1.807) is 6.07 Å². The second-order valence-corrected chi connectivity index (χ2v) is 6.31. The van der Waals surface area contributed by atoms with Crippen molar-refractivity contribution in [3.05, 3.63) is 31.9 Å². The molecule has 0 spiro atoms. The highest BCUT2D eigenvalue weighted by Crippen LogP contribution is 2.35. The van der Waals surface area contributed by atoms with Crippen LogP contribution >= 0.6 is 45.8 Å². The van der Waals surface area contributed by atoms with Crippen molar-refractivity contribution in [3.63, 3.8) is 0 Å². The lowest BCUT2D eigenvalue weighted by atomic mass is 10.2. The fourth-order valence-corrected chi connectivity index (χ4v) is 2.92. The van der Waals surface area contributed by atoms with E-state index < -0.39 is 0 Å². The average molecular weight is 411 g/mol. The molecule has 0 fully saturated rings. The van der Waals surface area contributed by atoms with Gasteiger partial charge in [0.05, 0.1) is 15.2 Å². The fraction of sp³-hybridized carbons (Fsp3) is 0.308. The molecule has 3 nitrogen and oxygen atoms in total. The van der Waals surface area contributed by atoms with Gasteiger partial charge in [0.25, 0.3) is 0 Å². The molecule has 1 aromatic heterocycles. The maximum absolute atomic E-state index is 6.21. The van der Waals surface area contributed by atoms with Gasteiger partial charge in [-0.3, -0.25) is 0 Å². The SMILES string of the molecule is CC(CN)COc1c(I)cc(Cl)c2ccc(Cl)nc12. The maximum atomic E-state index is 6.21. The molecule has 1 atom stereocenters. The normalized spacial score (nSPS) is 12.7. The summed E-state index contributed by atoms with van der Waals surface area (Å²) in [6.07, 6.45) is 0. The molecular formula is C13H13Cl2IN2O. The fourth-order valence-electron chi connectivity index (χ4n) is 1.60. The van der Waals surface area contributed by atoms with Gasteiger partial charge in [-0.2, -0.15) is 0 Å². The zero-order valence-corrected chi connectivity index (χ0v) is 14.0. The third-order valence-corrected chi connectivity index (χ3v) is 4.04. The summed E-state index contributed by atoms with van der Waals surface area (Å²) in [7, 11) is 0. The second-order valence-electron chi connectivity index (χ2n) is 4.35. The van der Waals surface area contributed by atoms with Crippen molar-refractivity contribution in [2.45, 2.75) is 6.92 Å². The Labute approximate surface area is 135 Å². The molecule has 0 amide bonds. The molecule has 0 aliphatic rings. The summed E-state index contributed by atoms with van der Waals surface area (Å²) in [6.45, 7) is 3.15. The van der Waals surface area contributed by atoms with Crippen molar-refractivity contribution in [1.29, 1.82) is 0 Å². The van der Waals surface area contributed by atoms with Gasteiger partial charge >= 0.3 is 0 Å². The number of pyridine rings is 1. The van der Waals surface area contributed by atoms with Crippen LogP contribution in [-0.4, -0.2) is 18.1 Å². The molecule has 6 heteroatoms. The molecule has 0 bridgehead atoms. The number of hydrogen-bond donors (Lipinski definition) is 1. The highest BCUT2D eigenvalue weighted by molar-refractivity contribution is 14.1. The summed E-state index contributed by atoms with van der Waals surface area (Å²) in [5, 5.41) is 1.90. The zero-order chi connectivity index (χ0) is 14.0. The minimum Gasteiger partial charge on any atom is -0.490 e. The van der Waals surface area contributed by atoms with Gasteiger partial charge < -0.3 is 10.5 Å². The molecule has 0 saturated carbocycles. The van der Waals surface area contributed by atoms with Crippen LogP contribution in [0.3, 0.4) is 0 Å². The number of halogens is 3. The van der Waals surface area contributed by atoms with Crippen molar-refractivity contribution in [1.82, 2.24) is 4.98 Å². The van der Waals surface area contributed by atoms with Gasteiger partial charge in [0.1, 0.15) is 10.7 Å². The Balaban J connectivity index is 2.49. The highest BCUT2D eigenvalue weighted by Gasteiger charge is 2.14. The lowest BCUT2D eigenvalue weighted by Gasteiger charge is -2.14. The van der Waals surface area contributed by atoms with Gasteiger partial charge in [0, 0.05) is 11.3 Å². The molecule has 0 saturated heterocycles. The third kappa shape index (κ3) is 3.42. The van der Waals surface area contributed by atoms with E-state index in [-0.39, 0.29) is 5.92 Å². The molecule has 1 heterocycles. The van der Waals surface area contributed by atoms with Gasteiger partial charge in [0.2, 0.25) is 0 Å². The van der Waals surface area contributed by atoms with E-state index in [0.29, 0.717) is 34.6 Å². The quantitative estimate of drug-likeness (QED) is 0.609. The number of rotatable bonds is 4. The van der Waals surface area contributed by atoms with Crippen LogP contribution in [0.4, 0.5) is 0 Å². The van der Waals surface area contributed by atoms with Gasteiger partial charge in [-0.15, -0.1) is 0 Å². The van der Waals surface area contributed by atoms with E-state index in [1.165, 1.54) is 0 Å². The minimum atomic E-state index is 0.278. The number of nitrogens with zero attached hydrogens (tertiary/aromatic N) is 1. The van der Waals surface area contributed by atoms with Crippen LogP contribution in [0.15, 0.2) is 18.2 Å². The van der Waals surface area contributed by atoms with Crippen LogP contribution in [0.25, 0.3) is 10.9 Å². The Bertz CT molecular complexity index is 607. The van der Waals surface area contributed by atoms with Crippen molar-refractivity contribution in [3.8, 4) is 5.75 Å². The first-order chi connectivity index (χ1) is 9.02. The lowest BCUT2D eigenvalue weighted by Crippen LogP contribution is -2.18. The van der Waals surface area contributed by atoms with E-state index in [9.17, 15) is 0 Å². The van der Waals surface area contributed by atoms with Gasteiger partial charge in [0.15, 0.2) is 5.75 Å². The monoisotopic (exact) mass is 410 g/mol. The predicted octanol–water partition coefficient (Wildman–Crippen LogP) is 4.12. The van der Waals surface area contributed by atoms with E-state index in [4.69, 9.17) is 33.7 Å². The smallest absolute Gasteiger partial charge is 0.158 e. The molecule has 1 unspecified atom stereocenters. The standard InChI is InChI=1S/C13H13Cl2IN2O/c1-7(5-17)6-19-13-10(16)4-9(14)8-2-3-11(15)18-12(8)13/h2-4,7H,5-6,17H2,1H3. The summed E-state index contributed by atoms with van der Waals surface area (Å²) in [5.41, 5.74) is 6.28. The molecule has 2 N–H and O–H groups in total. The summed E-state index contributed by atoms with van der Waals surface area (Å²) in [5.74, 6) is 0.989. The maximum Gasteiger partial charge on any atom is 0.158 e. The summed E-state index contributed by atoms with van der Waals surface area (Å²) >= 11 is 14.3. The Morgan fingerprint density at radius 1 is 1.42 bits per heavy atom. The first kappa shape index (κ1) is 15.1. The number of ether oxygens (including phenoxy) is 1. The van der Waals surface area contributed by atoms with Gasteiger partial charge in [-0.25, -0.2) is 4.98 Å². The first-order valence-electron chi connectivity index (χ1n) is 5.80. The minimum absolute atomic E-state index is 0.278. The average Bonchev–Trinajstić information content (AvgIpc) is 2.37. The zero-order valence-electron chi connectivity index (χ0n) is 10.3. The largest absolute Gasteiger partial charge is 0.490 e. The number of fused-ring (bicyclic) bond motifs is 1. The van der Waals surface area contributed by atoms with Crippen molar-refractivity contribution in [2.75, 3.05) is 13.2 Å². The first-order valence-corrected chi connectivity index (χ1v) is 7.63. The number of hydrogen-bond acceptors (Lipinski definition) is 3. The van der Waals surface area contributed by atoms with Crippen molar-refractivity contribution in [2.24, 2.45) is 11.7 Å². The van der Waals surface area contributed by atoms with Crippen molar-refractivity contribution < 1.29 is 4.74 Å². The molecule has 0 aliphatic heterocycles. The van der Waals surface area contributed by atoms with Crippen LogP contribution in [-0.2, 0) is 0 Å².